The van der Waals surface area contributed by atoms with Crippen LogP contribution in [0.1, 0.15) is 12.0 Å². The molecule has 1 N–H and O–H groups in total. The van der Waals surface area contributed by atoms with E-state index < -0.39 is 0 Å². The van der Waals surface area contributed by atoms with E-state index in [0.717, 1.165) is 22.0 Å². The number of rotatable bonds is 8. The van der Waals surface area contributed by atoms with Crippen LogP contribution in [-0.4, -0.2) is 24.6 Å². The lowest BCUT2D eigenvalue weighted by Gasteiger charge is -2.11. The molecule has 2 rings (SSSR count). The first-order valence-corrected chi connectivity index (χ1v) is 9.02. The van der Waals surface area contributed by atoms with Crippen LogP contribution in [0.15, 0.2) is 52.3 Å². The number of ether oxygens (including phenoxy) is 1. The summed E-state index contributed by atoms with van der Waals surface area (Å²) in [4.78, 5) is 2.29. The van der Waals surface area contributed by atoms with Gasteiger partial charge in [0.2, 0.25) is 0 Å². The summed E-state index contributed by atoms with van der Waals surface area (Å²) in [7, 11) is 0. The van der Waals surface area contributed by atoms with E-state index in [1.807, 2.05) is 43.3 Å². The minimum atomic E-state index is 0.135. The minimum absolute atomic E-state index is 0.135. The number of thioether (sulfide) groups is 1. The van der Waals surface area contributed by atoms with Gasteiger partial charge in [-0.05, 0) is 43.0 Å². The molecule has 0 unspecified atom stereocenters. The minimum Gasteiger partial charge on any atom is -0.493 e. The van der Waals surface area contributed by atoms with E-state index in [9.17, 15) is 0 Å². The fourth-order valence-electron chi connectivity index (χ4n) is 1.88. The number of aliphatic hydroxyl groups excluding tert-OH is 1. The van der Waals surface area contributed by atoms with E-state index in [2.05, 4.69) is 12.3 Å². The van der Waals surface area contributed by atoms with Gasteiger partial charge in [-0.15, -0.1) is 11.8 Å². The zero-order chi connectivity index (χ0) is 15.8. The second-order valence-corrected chi connectivity index (χ2v) is 6.35. The molecule has 118 valence electrons. The van der Waals surface area contributed by atoms with Gasteiger partial charge in [-0.1, -0.05) is 12.1 Å². The molecule has 0 aliphatic carbocycles. The molecule has 0 saturated heterocycles. The molecule has 2 aromatic rings. The average molecular weight is 336 g/mol. The van der Waals surface area contributed by atoms with Crippen molar-refractivity contribution < 1.29 is 14.0 Å². The quantitative estimate of drug-likeness (QED) is 0.434. The summed E-state index contributed by atoms with van der Waals surface area (Å²) >= 11 is 3.06. The maximum atomic E-state index is 8.80. The molecule has 3 nitrogen and oxygen atoms in total. The summed E-state index contributed by atoms with van der Waals surface area (Å²) in [6.07, 6.45) is 2.68. The van der Waals surface area contributed by atoms with Gasteiger partial charge >= 0.3 is 0 Å². The molecule has 0 saturated carbocycles. The highest BCUT2D eigenvalue weighted by Crippen LogP contribution is 2.32. The van der Waals surface area contributed by atoms with Gasteiger partial charge in [0.05, 0.1) is 23.5 Å². The van der Waals surface area contributed by atoms with Crippen LogP contribution in [0.5, 0.6) is 11.5 Å². The molecular weight excluding hydrogens is 316 g/mol. The van der Waals surface area contributed by atoms with Crippen molar-refractivity contribution in [3.8, 4) is 11.5 Å². The molecule has 0 aromatic heterocycles. The van der Waals surface area contributed by atoms with E-state index in [1.54, 1.807) is 11.8 Å². The molecule has 0 atom stereocenters. The van der Waals surface area contributed by atoms with Gasteiger partial charge in [-0.2, -0.15) is 0 Å². The van der Waals surface area contributed by atoms with Crippen molar-refractivity contribution in [2.45, 2.75) is 23.1 Å². The van der Waals surface area contributed by atoms with Crippen molar-refractivity contribution in [3.05, 3.63) is 48.0 Å². The van der Waals surface area contributed by atoms with Gasteiger partial charge < -0.3 is 14.0 Å². The molecule has 0 heterocycles. The third kappa shape index (κ3) is 5.16. The zero-order valence-corrected chi connectivity index (χ0v) is 14.4. The van der Waals surface area contributed by atoms with Crippen LogP contribution >= 0.6 is 23.8 Å². The van der Waals surface area contributed by atoms with Gasteiger partial charge in [0.1, 0.15) is 11.5 Å². The van der Waals surface area contributed by atoms with E-state index in [4.69, 9.17) is 14.0 Å². The second kappa shape index (κ2) is 8.98. The highest BCUT2D eigenvalue weighted by Gasteiger charge is 2.06. The molecular formula is C17H20O3S2. The SMILES string of the molecule is CSc1ccccc1SOc1cc(C)cc(OCCCO)c1. The van der Waals surface area contributed by atoms with Gasteiger partial charge in [0.15, 0.2) is 0 Å². The number of benzene rings is 2. The Morgan fingerprint density at radius 3 is 2.50 bits per heavy atom. The maximum absolute atomic E-state index is 8.80. The van der Waals surface area contributed by atoms with Gasteiger partial charge in [-0.25, -0.2) is 0 Å². The molecule has 2 aromatic carbocycles. The average Bonchev–Trinajstić information content (AvgIpc) is 2.53. The first-order chi connectivity index (χ1) is 10.7. The Hall–Kier alpha value is -1.30. The van der Waals surface area contributed by atoms with Crippen molar-refractivity contribution >= 4 is 23.8 Å². The van der Waals surface area contributed by atoms with Crippen molar-refractivity contribution in [2.75, 3.05) is 19.5 Å². The molecule has 0 aliphatic rings. The van der Waals surface area contributed by atoms with Crippen molar-refractivity contribution in [2.24, 2.45) is 0 Å². The van der Waals surface area contributed by atoms with E-state index in [0.29, 0.717) is 13.0 Å². The number of aryl methyl sites for hydroxylation is 1. The van der Waals surface area contributed by atoms with Crippen LogP contribution in [0, 0.1) is 6.92 Å². The number of hydrogen-bond acceptors (Lipinski definition) is 5. The topological polar surface area (TPSA) is 38.7 Å². The van der Waals surface area contributed by atoms with Gasteiger partial charge in [0, 0.05) is 24.0 Å². The molecule has 0 aliphatic heterocycles. The molecule has 0 spiro atoms. The van der Waals surface area contributed by atoms with E-state index in [1.165, 1.54) is 16.9 Å². The van der Waals surface area contributed by atoms with Crippen LogP contribution in [-0.2, 0) is 0 Å². The summed E-state index contributed by atoms with van der Waals surface area (Å²) in [5, 5.41) is 8.80. The molecule has 0 radical (unpaired) electrons. The van der Waals surface area contributed by atoms with Crippen molar-refractivity contribution in [1.82, 2.24) is 0 Å². The molecule has 22 heavy (non-hydrogen) atoms. The van der Waals surface area contributed by atoms with E-state index >= 15 is 0 Å². The second-order valence-electron chi connectivity index (χ2n) is 4.72. The Kier molecular flexibility index (Phi) is 6.96. The van der Waals surface area contributed by atoms with Gasteiger partial charge in [-0.3, -0.25) is 0 Å². The lowest BCUT2D eigenvalue weighted by molar-refractivity contribution is 0.233. The van der Waals surface area contributed by atoms with Crippen molar-refractivity contribution in [3.63, 3.8) is 0 Å². The molecule has 0 fully saturated rings. The summed E-state index contributed by atoms with van der Waals surface area (Å²) in [6, 6.07) is 14.0. The van der Waals surface area contributed by atoms with Crippen LogP contribution in [0.25, 0.3) is 0 Å². The van der Waals surface area contributed by atoms with E-state index in [-0.39, 0.29) is 6.61 Å². The normalized spacial score (nSPS) is 10.5. The Balaban J connectivity index is 2.03. The largest absolute Gasteiger partial charge is 0.493 e. The Morgan fingerprint density at radius 2 is 1.77 bits per heavy atom. The fraction of sp³-hybridized carbons (Fsp3) is 0.294. The van der Waals surface area contributed by atoms with Crippen LogP contribution < -0.4 is 8.92 Å². The van der Waals surface area contributed by atoms with Crippen molar-refractivity contribution in [1.29, 1.82) is 0 Å². The highest BCUT2D eigenvalue weighted by atomic mass is 32.2. The third-order valence-electron chi connectivity index (χ3n) is 2.89. The first-order valence-electron chi connectivity index (χ1n) is 7.06. The smallest absolute Gasteiger partial charge is 0.141 e. The third-order valence-corrected chi connectivity index (χ3v) is 4.63. The van der Waals surface area contributed by atoms with Crippen LogP contribution in [0.2, 0.25) is 0 Å². The van der Waals surface area contributed by atoms with Crippen LogP contribution in [0.4, 0.5) is 0 Å². The zero-order valence-electron chi connectivity index (χ0n) is 12.7. The standard InChI is InChI=1S/C17H20O3S2/c1-13-10-14(19-9-5-8-18)12-15(11-13)20-22-17-7-4-3-6-16(17)21-2/h3-4,6-7,10-12,18H,5,8-9H2,1-2H3. The molecule has 0 amide bonds. The predicted molar refractivity (Wildman–Crippen MR) is 93.1 cm³/mol. The lowest BCUT2D eigenvalue weighted by atomic mass is 10.2. The number of hydrogen-bond donors (Lipinski definition) is 1. The number of aliphatic hydroxyl groups is 1. The first kappa shape index (κ1) is 17.1. The summed E-state index contributed by atoms with van der Waals surface area (Å²) in [6.45, 7) is 2.64. The van der Waals surface area contributed by atoms with Crippen LogP contribution in [0.3, 0.4) is 0 Å². The Bertz CT molecular complexity index is 602. The highest BCUT2D eigenvalue weighted by molar-refractivity contribution is 8.00. The summed E-state index contributed by atoms with van der Waals surface area (Å²) in [5.41, 5.74) is 1.08. The summed E-state index contributed by atoms with van der Waals surface area (Å²) < 4.78 is 11.4. The Morgan fingerprint density at radius 1 is 1.05 bits per heavy atom. The molecule has 5 heteroatoms. The lowest BCUT2D eigenvalue weighted by Crippen LogP contribution is -2.00. The Labute approximate surface area is 140 Å². The summed E-state index contributed by atoms with van der Waals surface area (Å²) in [5.74, 6) is 1.53. The monoisotopic (exact) mass is 336 g/mol. The van der Waals surface area contributed by atoms with Gasteiger partial charge in [0.25, 0.3) is 0 Å². The fourth-order valence-corrected chi connectivity index (χ4v) is 3.28. The molecule has 0 bridgehead atoms. The maximum Gasteiger partial charge on any atom is 0.141 e. The predicted octanol–water partition coefficient (Wildman–Crippen LogP) is 4.56.